The molecule has 0 radical (unpaired) electrons. The van der Waals surface area contributed by atoms with Crippen LogP contribution in [0.2, 0.25) is 0 Å². The zero-order valence-corrected chi connectivity index (χ0v) is 35.3. The summed E-state index contributed by atoms with van der Waals surface area (Å²) in [6, 6.07) is 0.340. The molecular formula is C47H91N3O2. The third-order valence-corrected chi connectivity index (χ3v) is 10.3. The highest BCUT2D eigenvalue weighted by Gasteiger charge is 2.19. The molecule has 4 N–H and O–H groups in total. The van der Waals surface area contributed by atoms with Gasteiger partial charge in [0.05, 0.1) is 12.2 Å². The van der Waals surface area contributed by atoms with Gasteiger partial charge in [0.25, 0.3) is 0 Å². The van der Waals surface area contributed by atoms with Gasteiger partial charge in [0.15, 0.2) is 0 Å². The summed E-state index contributed by atoms with van der Waals surface area (Å²) < 4.78 is 0. The number of aliphatic hydroxyl groups excluding tert-OH is 2. The molecule has 0 aromatic rings. The standard InChI is InChI=1S/C47H91N3O2/c1-5-9-12-15-17-19-20-21-22-23-24-25-26-28-31-34-39-49(43-46(51)8-4)40-35-36-41-50(44-47(52)42-48)45(37-32-29-14-11-7-3)38-33-30-27-18-16-13-10-6-2/h17-19,21-22,27,33,38,45-47,51-52H,5-16,20,23-26,28-32,34-37,39-44,48H2,1-4H3/b19-17-,22-21+,27-18-,38-33-. The van der Waals surface area contributed by atoms with E-state index in [-0.39, 0.29) is 6.10 Å². The fourth-order valence-corrected chi connectivity index (χ4v) is 6.83. The second-order valence-electron chi connectivity index (χ2n) is 15.4. The maximum Gasteiger partial charge on any atom is 0.0789 e. The van der Waals surface area contributed by atoms with E-state index in [1.807, 2.05) is 0 Å². The lowest BCUT2D eigenvalue weighted by molar-refractivity contribution is 0.0933. The number of hydrogen-bond acceptors (Lipinski definition) is 5. The fourth-order valence-electron chi connectivity index (χ4n) is 6.83. The first-order chi connectivity index (χ1) is 25.5. The van der Waals surface area contributed by atoms with Crippen LogP contribution in [0.25, 0.3) is 0 Å². The maximum atomic E-state index is 10.6. The van der Waals surface area contributed by atoms with Crippen LogP contribution in [0.5, 0.6) is 0 Å². The van der Waals surface area contributed by atoms with Crippen molar-refractivity contribution in [1.29, 1.82) is 0 Å². The van der Waals surface area contributed by atoms with Crippen LogP contribution < -0.4 is 5.73 Å². The van der Waals surface area contributed by atoms with Crippen LogP contribution in [0.4, 0.5) is 0 Å². The summed E-state index contributed by atoms with van der Waals surface area (Å²) in [5, 5.41) is 21.1. The Morgan fingerprint density at radius 2 is 0.942 bits per heavy atom. The molecule has 0 amide bonds. The van der Waals surface area contributed by atoms with Crippen LogP contribution in [0.1, 0.15) is 195 Å². The molecule has 0 aliphatic heterocycles. The van der Waals surface area contributed by atoms with Crippen LogP contribution >= 0.6 is 0 Å². The molecule has 52 heavy (non-hydrogen) atoms. The molecule has 3 atom stereocenters. The second kappa shape index (κ2) is 40.9. The molecule has 0 aliphatic carbocycles. The van der Waals surface area contributed by atoms with Crippen molar-refractivity contribution in [3.8, 4) is 0 Å². The Bertz CT molecular complexity index is 825. The summed E-state index contributed by atoms with van der Waals surface area (Å²) in [5.41, 5.74) is 5.91. The molecule has 0 aliphatic rings. The Morgan fingerprint density at radius 1 is 0.481 bits per heavy atom. The Labute approximate surface area is 325 Å². The third-order valence-electron chi connectivity index (χ3n) is 10.3. The van der Waals surface area contributed by atoms with E-state index in [4.69, 9.17) is 5.73 Å². The van der Waals surface area contributed by atoms with Gasteiger partial charge in [0.1, 0.15) is 0 Å². The molecule has 0 heterocycles. The predicted octanol–water partition coefficient (Wildman–Crippen LogP) is 12.1. The molecule has 0 aromatic heterocycles. The molecule has 5 heteroatoms. The largest absolute Gasteiger partial charge is 0.392 e. The number of unbranched alkanes of at least 4 members (excludes halogenated alkanes) is 17. The van der Waals surface area contributed by atoms with Crippen molar-refractivity contribution in [1.82, 2.24) is 9.80 Å². The van der Waals surface area contributed by atoms with Gasteiger partial charge in [-0.05, 0) is 103 Å². The topological polar surface area (TPSA) is 73.0 Å². The molecule has 0 saturated carbocycles. The predicted molar refractivity (Wildman–Crippen MR) is 232 cm³/mol. The van der Waals surface area contributed by atoms with E-state index in [0.717, 1.165) is 64.7 Å². The van der Waals surface area contributed by atoms with Gasteiger partial charge in [-0.25, -0.2) is 0 Å². The monoisotopic (exact) mass is 730 g/mol. The SMILES string of the molecule is CCCCC/C=C\C/C=C\C(CCCCCCC)N(CCCCN(CCCCCCCC/C=C/C/C=C\CCCCC)CC(O)CC)CC(O)CN. The molecule has 0 spiro atoms. The number of allylic oxidation sites excluding steroid dienone is 7. The van der Waals surface area contributed by atoms with Crippen molar-refractivity contribution in [3.63, 3.8) is 0 Å². The van der Waals surface area contributed by atoms with Crippen molar-refractivity contribution in [2.75, 3.05) is 39.3 Å². The van der Waals surface area contributed by atoms with Crippen LogP contribution in [0, 0.1) is 0 Å². The van der Waals surface area contributed by atoms with Crippen molar-refractivity contribution in [3.05, 3.63) is 48.6 Å². The van der Waals surface area contributed by atoms with E-state index < -0.39 is 6.10 Å². The number of nitrogens with zero attached hydrogens (tertiary/aromatic N) is 2. The lowest BCUT2D eigenvalue weighted by Crippen LogP contribution is -2.43. The third kappa shape index (κ3) is 34.5. The van der Waals surface area contributed by atoms with E-state index >= 15 is 0 Å². The first-order valence-corrected chi connectivity index (χ1v) is 22.7. The Hall–Kier alpha value is -1.24. The second-order valence-corrected chi connectivity index (χ2v) is 15.4. The average Bonchev–Trinajstić information content (AvgIpc) is 3.15. The summed E-state index contributed by atoms with van der Waals surface area (Å²) in [7, 11) is 0. The highest BCUT2D eigenvalue weighted by molar-refractivity contribution is 4.99. The van der Waals surface area contributed by atoms with Crippen molar-refractivity contribution < 1.29 is 10.2 Å². The van der Waals surface area contributed by atoms with E-state index in [1.165, 1.54) is 128 Å². The zero-order chi connectivity index (χ0) is 38.2. The van der Waals surface area contributed by atoms with Gasteiger partial charge < -0.3 is 20.8 Å². The van der Waals surface area contributed by atoms with Gasteiger partial charge in [-0.15, -0.1) is 0 Å². The normalized spacial score (nSPS) is 14.4. The molecule has 0 bridgehead atoms. The van der Waals surface area contributed by atoms with Crippen molar-refractivity contribution in [2.24, 2.45) is 5.73 Å². The van der Waals surface area contributed by atoms with Crippen LogP contribution in [-0.4, -0.2) is 77.5 Å². The van der Waals surface area contributed by atoms with E-state index in [2.05, 4.69) is 86.1 Å². The minimum absolute atomic E-state index is 0.247. The van der Waals surface area contributed by atoms with Gasteiger partial charge >= 0.3 is 0 Å². The quantitative estimate of drug-likeness (QED) is 0.0433. The lowest BCUT2D eigenvalue weighted by atomic mass is 10.0. The van der Waals surface area contributed by atoms with Crippen molar-refractivity contribution in [2.45, 2.75) is 213 Å². The summed E-state index contributed by atoms with van der Waals surface area (Å²) in [6.07, 6.45) is 49.9. The molecule has 3 unspecified atom stereocenters. The summed E-state index contributed by atoms with van der Waals surface area (Å²) in [4.78, 5) is 5.01. The smallest absolute Gasteiger partial charge is 0.0789 e. The maximum absolute atomic E-state index is 10.6. The number of nitrogens with two attached hydrogens (primary N) is 1. The number of hydrogen-bond donors (Lipinski definition) is 3. The number of aliphatic hydroxyl groups is 2. The first-order valence-electron chi connectivity index (χ1n) is 22.7. The Morgan fingerprint density at radius 3 is 1.52 bits per heavy atom. The van der Waals surface area contributed by atoms with E-state index in [9.17, 15) is 10.2 Å². The fraction of sp³-hybridized carbons (Fsp3) is 0.830. The van der Waals surface area contributed by atoms with Gasteiger partial charge in [-0.3, -0.25) is 4.90 Å². The molecule has 0 fully saturated rings. The minimum atomic E-state index is -0.491. The Balaban J connectivity index is 4.81. The van der Waals surface area contributed by atoms with Crippen LogP contribution in [-0.2, 0) is 0 Å². The van der Waals surface area contributed by atoms with Gasteiger partial charge in [0.2, 0.25) is 0 Å². The lowest BCUT2D eigenvalue weighted by Gasteiger charge is -2.32. The van der Waals surface area contributed by atoms with Gasteiger partial charge in [0, 0.05) is 25.7 Å². The Kier molecular flexibility index (Phi) is 40.0. The molecule has 0 aromatic carbocycles. The summed E-state index contributed by atoms with van der Waals surface area (Å²) in [6.45, 7) is 13.7. The van der Waals surface area contributed by atoms with E-state index in [1.54, 1.807) is 0 Å². The molecule has 0 saturated heterocycles. The van der Waals surface area contributed by atoms with E-state index in [0.29, 0.717) is 19.1 Å². The minimum Gasteiger partial charge on any atom is -0.392 e. The molecule has 306 valence electrons. The van der Waals surface area contributed by atoms with Crippen molar-refractivity contribution >= 4 is 0 Å². The highest BCUT2D eigenvalue weighted by atomic mass is 16.3. The molecule has 5 nitrogen and oxygen atoms in total. The van der Waals surface area contributed by atoms with Gasteiger partial charge in [-0.2, -0.15) is 0 Å². The summed E-state index contributed by atoms with van der Waals surface area (Å²) >= 11 is 0. The zero-order valence-electron chi connectivity index (χ0n) is 35.3. The molecular weight excluding hydrogens is 639 g/mol. The highest BCUT2D eigenvalue weighted by Crippen LogP contribution is 2.17. The number of rotatable bonds is 40. The van der Waals surface area contributed by atoms with Crippen LogP contribution in [0.3, 0.4) is 0 Å². The first kappa shape index (κ1) is 50.8. The molecule has 0 rings (SSSR count). The van der Waals surface area contributed by atoms with Crippen LogP contribution in [0.15, 0.2) is 48.6 Å². The summed E-state index contributed by atoms with van der Waals surface area (Å²) in [5.74, 6) is 0. The average molecular weight is 730 g/mol. The van der Waals surface area contributed by atoms with Gasteiger partial charge in [-0.1, -0.05) is 160 Å².